The number of nitrogens with one attached hydrogen (secondary N) is 1. The lowest BCUT2D eigenvalue weighted by molar-refractivity contribution is 0.0913. The summed E-state index contributed by atoms with van der Waals surface area (Å²) in [5.41, 5.74) is 0.825. The summed E-state index contributed by atoms with van der Waals surface area (Å²) in [5, 5.41) is 11.8. The first-order chi connectivity index (χ1) is 9.39. The molecule has 0 unspecified atom stereocenters. The molecule has 20 heavy (non-hydrogen) atoms. The molecule has 1 aromatic rings. The van der Waals surface area contributed by atoms with Crippen molar-refractivity contribution in [2.75, 3.05) is 6.61 Å². The number of carbonyl (C=O) groups excluding carboxylic acids is 1. The summed E-state index contributed by atoms with van der Waals surface area (Å²) in [4.78, 5) is 13.8. The van der Waals surface area contributed by atoms with Crippen LogP contribution in [0.1, 0.15) is 60.1 Å². The SMILES string of the molecule is CCCC(C)(C)NC(=O)c1cc(C)c(C#CCCO)s1. The Balaban J connectivity index is 2.81. The number of hydrogen-bond donors (Lipinski definition) is 2. The van der Waals surface area contributed by atoms with Crippen molar-refractivity contribution >= 4 is 17.2 Å². The van der Waals surface area contributed by atoms with Crippen LogP contribution in [-0.4, -0.2) is 23.2 Å². The molecule has 1 rings (SSSR count). The van der Waals surface area contributed by atoms with Gasteiger partial charge in [0.15, 0.2) is 0 Å². The van der Waals surface area contributed by atoms with Crippen molar-refractivity contribution < 1.29 is 9.90 Å². The number of aliphatic hydroxyl groups is 1. The third kappa shape index (κ3) is 4.99. The van der Waals surface area contributed by atoms with E-state index in [1.165, 1.54) is 11.3 Å². The predicted molar refractivity (Wildman–Crippen MR) is 84.1 cm³/mol. The molecule has 0 aliphatic rings. The second-order valence-corrected chi connectivity index (χ2v) is 6.54. The van der Waals surface area contributed by atoms with Crippen LogP contribution >= 0.6 is 11.3 Å². The highest BCUT2D eigenvalue weighted by molar-refractivity contribution is 7.14. The molecular weight excluding hydrogens is 270 g/mol. The van der Waals surface area contributed by atoms with Crippen LogP contribution in [0.25, 0.3) is 0 Å². The third-order valence-electron chi connectivity index (χ3n) is 2.91. The van der Waals surface area contributed by atoms with Crippen LogP contribution in [0, 0.1) is 18.8 Å². The number of hydrogen-bond acceptors (Lipinski definition) is 3. The van der Waals surface area contributed by atoms with E-state index >= 15 is 0 Å². The smallest absolute Gasteiger partial charge is 0.261 e. The minimum Gasteiger partial charge on any atom is -0.395 e. The maximum absolute atomic E-state index is 12.2. The van der Waals surface area contributed by atoms with E-state index in [4.69, 9.17) is 5.11 Å². The minimum atomic E-state index is -0.188. The summed E-state index contributed by atoms with van der Waals surface area (Å²) in [6, 6.07) is 1.88. The molecule has 2 N–H and O–H groups in total. The average molecular weight is 293 g/mol. The number of rotatable bonds is 5. The van der Waals surface area contributed by atoms with E-state index in [0.717, 1.165) is 23.3 Å². The Morgan fingerprint density at radius 2 is 2.20 bits per heavy atom. The van der Waals surface area contributed by atoms with E-state index in [0.29, 0.717) is 11.3 Å². The number of aliphatic hydroxyl groups excluding tert-OH is 1. The Hall–Kier alpha value is -1.31. The first-order valence-corrected chi connectivity index (χ1v) is 7.74. The van der Waals surface area contributed by atoms with Gasteiger partial charge in [0.25, 0.3) is 5.91 Å². The zero-order chi connectivity index (χ0) is 15.2. The highest BCUT2D eigenvalue weighted by Crippen LogP contribution is 2.22. The average Bonchev–Trinajstić information content (AvgIpc) is 2.71. The van der Waals surface area contributed by atoms with Crippen molar-refractivity contribution in [1.29, 1.82) is 0 Å². The minimum absolute atomic E-state index is 0.0354. The topological polar surface area (TPSA) is 49.3 Å². The number of aryl methyl sites for hydroxylation is 1. The fraction of sp³-hybridized carbons (Fsp3) is 0.562. The molecule has 1 aromatic heterocycles. The molecule has 0 saturated carbocycles. The lowest BCUT2D eigenvalue weighted by Gasteiger charge is -2.25. The lowest BCUT2D eigenvalue weighted by atomic mass is 9.99. The predicted octanol–water partition coefficient (Wildman–Crippen LogP) is 3.10. The first-order valence-electron chi connectivity index (χ1n) is 6.92. The van der Waals surface area contributed by atoms with E-state index in [2.05, 4.69) is 24.1 Å². The molecule has 0 atom stereocenters. The van der Waals surface area contributed by atoms with Crippen LogP contribution in [0.15, 0.2) is 6.07 Å². The molecule has 0 fully saturated rings. The van der Waals surface area contributed by atoms with Gasteiger partial charge in [0.2, 0.25) is 0 Å². The van der Waals surface area contributed by atoms with Crippen molar-refractivity contribution in [3.63, 3.8) is 0 Å². The van der Waals surface area contributed by atoms with Crippen LogP contribution < -0.4 is 5.32 Å². The lowest BCUT2D eigenvalue weighted by Crippen LogP contribution is -2.42. The van der Waals surface area contributed by atoms with Gasteiger partial charge < -0.3 is 10.4 Å². The molecular formula is C16H23NO2S. The molecule has 4 heteroatoms. The van der Waals surface area contributed by atoms with E-state index in [-0.39, 0.29) is 18.1 Å². The molecule has 110 valence electrons. The Labute approximate surface area is 125 Å². The Bertz CT molecular complexity index is 520. The van der Waals surface area contributed by atoms with Crippen LogP contribution in [0.3, 0.4) is 0 Å². The van der Waals surface area contributed by atoms with Crippen LogP contribution in [0.2, 0.25) is 0 Å². The largest absolute Gasteiger partial charge is 0.395 e. The molecule has 0 bridgehead atoms. The highest BCUT2D eigenvalue weighted by Gasteiger charge is 2.21. The van der Waals surface area contributed by atoms with Gasteiger partial charge in [-0.3, -0.25) is 4.79 Å². The highest BCUT2D eigenvalue weighted by atomic mass is 32.1. The summed E-state index contributed by atoms with van der Waals surface area (Å²) in [7, 11) is 0. The van der Waals surface area contributed by atoms with Gasteiger partial charge in [-0.15, -0.1) is 11.3 Å². The fourth-order valence-corrected chi connectivity index (χ4v) is 2.92. The van der Waals surface area contributed by atoms with Crippen LogP contribution in [-0.2, 0) is 0 Å². The van der Waals surface area contributed by atoms with Crippen LogP contribution in [0.5, 0.6) is 0 Å². The second kappa shape index (κ2) is 7.47. The summed E-state index contributed by atoms with van der Waals surface area (Å²) >= 11 is 1.41. The Kier molecular flexibility index (Phi) is 6.25. The molecule has 0 aliphatic heterocycles. The molecule has 1 amide bonds. The maximum atomic E-state index is 12.2. The van der Waals surface area contributed by atoms with E-state index in [9.17, 15) is 4.79 Å². The molecule has 0 spiro atoms. The number of amides is 1. The fourth-order valence-electron chi connectivity index (χ4n) is 1.97. The zero-order valence-electron chi connectivity index (χ0n) is 12.7. The molecule has 0 saturated heterocycles. The second-order valence-electron chi connectivity index (χ2n) is 5.49. The Morgan fingerprint density at radius 3 is 2.80 bits per heavy atom. The summed E-state index contributed by atoms with van der Waals surface area (Å²) < 4.78 is 0. The van der Waals surface area contributed by atoms with E-state index < -0.39 is 0 Å². The van der Waals surface area contributed by atoms with Gasteiger partial charge >= 0.3 is 0 Å². The van der Waals surface area contributed by atoms with Gasteiger partial charge in [-0.2, -0.15) is 0 Å². The van der Waals surface area contributed by atoms with Crippen molar-refractivity contribution in [3.05, 3.63) is 21.4 Å². The van der Waals surface area contributed by atoms with Crippen LogP contribution in [0.4, 0.5) is 0 Å². The zero-order valence-corrected chi connectivity index (χ0v) is 13.5. The molecule has 0 radical (unpaired) electrons. The van der Waals surface area contributed by atoms with E-state index in [1.54, 1.807) is 0 Å². The van der Waals surface area contributed by atoms with Crippen molar-refractivity contribution in [2.45, 2.75) is 52.5 Å². The van der Waals surface area contributed by atoms with E-state index in [1.807, 2.05) is 26.8 Å². The van der Waals surface area contributed by atoms with Gasteiger partial charge in [0.1, 0.15) is 0 Å². The molecule has 0 aromatic carbocycles. The monoisotopic (exact) mass is 293 g/mol. The first kappa shape index (κ1) is 16.7. The van der Waals surface area contributed by atoms with Crippen molar-refractivity contribution in [3.8, 4) is 11.8 Å². The molecule has 0 aliphatic carbocycles. The third-order valence-corrected chi connectivity index (χ3v) is 4.06. The van der Waals surface area contributed by atoms with Gasteiger partial charge in [-0.1, -0.05) is 25.2 Å². The van der Waals surface area contributed by atoms with Crippen molar-refractivity contribution in [1.82, 2.24) is 5.32 Å². The van der Waals surface area contributed by atoms with Gasteiger partial charge in [-0.25, -0.2) is 0 Å². The standard InChI is InChI=1S/C16H23NO2S/c1-5-9-16(3,4)17-15(19)14-11-12(2)13(20-14)8-6-7-10-18/h11,18H,5,7,9-10H2,1-4H3,(H,17,19). The van der Waals surface area contributed by atoms with Crippen molar-refractivity contribution in [2.24, 2.45) is 0 Å². The normalized spacial score (nSPS) is 10.8. The van der Waals surface area contributed by atoms with Gasteiger partial charge in [0.05, 0.1) is 16.4 Å². The molecule has 1 heterocycles. The Morgan fingerprint density at radius 1 is 1.50 bits per heavy atom. The summed E-state index contributed by atoms with van der Waals surface area (Å²) in [6.45, 7) is 8.20. The maximum Gasteiger partial charge on any atom is 0.261 e. The number of carbonyl (C=O) groups is 1. The summed E-state index contributed by atoms with van der Waals surface area (Å²) in [6.07, 6.45) is 2.45. The molecule has 3 nitrogen and oxygen atoms in total. The number of thiophene rings is 1. The quantitative estimate of drug-likeness (QED) is 0.820. The summed E-state index contributed by atoms with van der Waals surface area (Å²) in [5.74, 6) is 5.86. The van der Waals surface area contributed by atoms with Gasteiger partial charge in [-0.05, 0) is 38.8 Å². The van der Waals surface area contributed by atoms with Gasteiger partial charge in [0, 0.05) is 12.0 Å².